The summed E-state index contributed by atoms with van der Waals surface area (Å²) >= 11 is 0. The zero-order chi connectivity index (χ0) is 18.3. The molecular formula is C22H33FN2O. The first-order chi connectivity index (χ1) is 12.5. The predicted octanol–water partition coefficient (Wildman–Crippen LogP) is 4.80. The van der Waals surface area contributed by atoms with E-state index >= 15 is 0 Å². The summed E-state index contributed by atoms with van der Waals surface area (Å²) in [6.07, 6.45) is 11.8. The molecule has 4 aliphatic rings. The van der Waals surface area contributed by atoms with Crippen molar-refractivity contribution in [2.45, 2.75) is 77.7 Å². The summed E-state index contributed by atoms with van der Waals surface area (Å²) in [6.45, 7) is 6.93. The standard InChI is InChI=1S/C22H33FN2O/c1-3-17-4-7-19(8-5-17)24-12-10-22(11-13-24)15-25(16(2)26)21-9-6-18(23)14-20(21)22/h14,17,19H,3-13,15H2,1-2H3. The Bertz CT molecular complexity index is 622. The Balaban J connectivity index is 1.46. The maximum Gasteiger partial charge on any atom is 0.223 e. The van der Waals surface area contributed by atoms with Crippen LogP contribution in [-0.2, 0) is 4.79 Å². The molecule has 1 spiro atoms. The van der Waals surface area contributed by atoms with Gasteiger partial charge in [-0.3, -0.25) is 4.79 Å². The molecule has 2 heterocycles. The third-order valence-electron chi connectivity index (χ3n) is 7.62. The lowest BCUT2D eigenvalue weighted by molar-refractivity contribution is -0.127. The SMILES string of the molecule is CCC1CCC(N2CCC3(CC2)CN(C(C)=O)C2=C3C=C(F)CC2)CC1. The fraction of sp³-hybridized carbons (Fsp3) is 0.773. The van der Waals surface area contributed by atoms with Crippen LogP contribution in [0.2, 0.25) is 0 Å². The van der Waals surface area contributed by atoms with Crippen molar-refractivity contribution in [3.8, 4) is 0 Å². The number of piperidine rings is 1. The van der Waals surface area contributed by atoms with Crippen LogP contribution in [-0.4, -0.2) is 41.4 Å². The Labute approximate surface area is 157 Å². The fourth-order valence-corrected chi connectivity index (χ4v) is 5.87. The van der Waals surface area contributed by atoms with Crippen LogP contribution in [0, 0.1) is 11.3 Å². The largest absolute Gasteiger partial charge is 0.315 e. The van der Waals surface area contributed by atoms with Crippen LogP contribution in [0.25, 0.3) is 0 Å². The molecule has 1 saturated carbocycles. The molecule has 0 aromatic carbocycles. The zero-order valence-electron chi connectivity index (χ0n) is 16.4. The maximum absolute atomic E-state index is 14.0. The minimum atomic E-state index is -0.00570. The van der Waals surface area contributed by atoms with Crippen molar-refractivity contribution < 1.29 is 9.18 Å². The van der Waals surface area contributed by atoms with E-state index in [1.54, 1.807) is 13.0 Å². The fourth-order valence-electron chi connectivity index (χ4n) is 5.87. The van der Waals surface area contributed by atoms with Gasteiger partial charge >= 0.3 is 0 Å². The second kappa shape index (κ2) is 7.10. The molecular weight excluding hydrogens is 327 g/mol. The van der Waals surface area contributed by atoms with Gasteiger partial charge in [-0.15, -0.1) is 0 Å². The molecule has 0 aromatic rings. The van der Waals surface area contributed by atoms with E-state index in [0.717, 1.165) is 55.7 Å². The van der Waals surface area contributed by atoms with Crippen LogP contribution in [0.1, 0.15) is 71.6 Å². The van der Waals surface area contributed by atoms with Crippen molar-refractivity contribution >= 4 is 5.91 Å². The number of likely N-dealkylation sites (tertiary alicyclic amines) is 1. The van der Waals surface area contributed by atoms with Crippen molar-refractivity contribution in [3.63, 3.8) is 0 Å². The summed E-state index contributed by atoms with van der Waals surface area (Å²) in [5.41, 5.74) is 2.25. The zero-order valence-corrected chi connectivity index (χ0v) is 16.4. The molecule has 0 radical (unpaired) electrons. The number of rotatable bonds is 2. The highest BCUT2D eigenvalue weighted by Crippen LogP contribution is 2.51. The number of fused-ring (bicyclic) bond motifs is 1. The summed E-state index contributed by atoms with van der Waals surface area (Å²) < 4.78 is 14.0. The minimum absolute atomic E-state index is 0.00408. The molecule has 2 fully saturated rings. The number of hydrogen-bond donors (Lipinski definition) is 0. The van der Waals surface area contributed by atoms with Gasteiger partial charge in [-0.1, -0.05) is 13.3 Å². The second-order valence-corrected chi connectivity index (χ2v) is 8.96. The van der Waals surface area contributed by atoms with Crippen LogP contribution >= 0.6 is 0 Å². The lowest BCUT2D eigenvalue weighted by Crippen LogP contribution is -2.48. The summed E-state index contributed by atoms with van der Waals surface area (Å²) in [7, 11) is 0. The molecule has 1 amide bonds. The molecule has 0 N–H and O–H groups in total. The molecule has 26 heavy (non-hydrogen) atoms. The average molecular weight is 361 g/mol. The number of amides is 1. The van der Waals surface area contributed by atoms with Crippen molar-refractivity contribution in [2.24, 2.45) is 11.3 Å². The van der Waals surface area contributed by atoms with Gasteiger partial charge in [0.1, 0.15) is 5.83 Å². The third kappa shape index (κ3) is 3.15. The van der Waals surface area contributed by atoms with E-state index in [9.17, 15) is 9.18 Å². The van der Waals surface area contributed by atoms with Crippen LogP contribution in [0.4, 0.5) is 4.39 Å². The molecule has 144 valence electrons. The molecule has 2 aliphatic carbocycles. The van der Waals surface area contributed by atoms with Gasteiger partial charge < -0.3 is 9.80 Å². The van der Waals surface area contributed by atoms with Crippen LogP contribution in [0.15, 0.2) is 23.2 Å². The number of nitrogens with zero attached hydrogens (tertiary/aromatic N) is 2. The number of allylic oxidation sites excluding steroid dienone is 3. The number of carbonyl (C=O) groups excluding carboxylic acids is 1. The summed E-state index contributed by atoms with van der Waals surface area (Å²) in [5, 5.41) is 0. The summed E-state index contributed by atoms with van der Waals surface area (Å²) in [4.78, 5) is 16.8. The quantitative estimate of drug-likeness (QED) is 0.706. The smallest absolute Gasteiger partial charge is 0.223 e. The van der Waals surface area contributed by atoms with E-state index < -0.39 is 0 Å². The normalized spacial score (nSPS) is 32.0. The van der Waals surface area contributed by atoms with Crippen molar-refractivity contribution in [1.82, 2.24) is 9.80 Å². The van der Waals surface area contributed by atoms with Crippen LogP contribution in [0.5, 0.6) is 0 Å². The van der Waals surface area contributed by atoms with E-state index in [1.807, 2.05) is 4.90 Å². The molecule has 4 heteroatoms. The summed E-state index contributed by atoms with van der Waals surface area (Å²) in [5.74, 6) is 1.05. The Kier molecular flexibility index (Phi) is 4.98. The van der Waals surface area contributed by atoms with Crippen LogP contribution < -0.4 is 0 Å². The highest BCUT2D eigenvalue weighted by molar-refractivity contribution is 5.77. The van der Waals surface area contributed by atoms with E-state index in [1.165, 1.54) is 32.1 Å². The first-order valence-corrected chi connectivity index (χ1v) is 10.6. The molecule has 4 rings (SSSR count). The Morgan fingerprint density at radius 3 is 2.50 bits per heavy atom. The molecule has 3 nitrogen and oxygen atoms in total. The number of hydrogen-bond acceptors (Lipinski definition) is 2. The molecule has 0 atom stereocenters. The summed E-state index contributed by atoms with van der Waals surface area (Å²) in [6, 6.07) is 0.743. The lowest BCUT2D eigenvalue weighted by atomic mass is 9.71. The topological polar surface area (TPSA) is 23.6 Å². The van der Waals surface area contributed by atoms with Gasteiger partial charge in [0.15, 0.2) is 0 Å². The minimum Gasteiger partial charge on any atom is -0.315 e. The Morgan fingerprint density at radius 1 is 1.19 bits per heavy atom. The van der Waals surface area contributed by atoms with E-state index in [2.05, 4.69) is 11.8 Å². The van der Waals surface area contributed by atoms with Gasteiger partial charge in [-0.25, -0.2) is 4.39 Å². The van der Waals surface area contributed by atoms with E-state index in [-0.39, 0.29) is 17.1 Å². The van der Waals surface area contributed by atoms with Gasteiger partial charge in [-0.05, 0) is 75.6 Å². The van der Waals surface area contributed by atoms with Gasteiger partial charge in [0.05, 0.1) is 0 Å². The second-order valence-electron chi connectivity index (χ2n) is 8.96. The first kappa shape index (κ1) is 18.2. The molecule has 0 unspecified atom stereocenters. The van der Waals surface area contributed by atoms with E-state index in [0.29, 0.717) is 12.8 Å². The van der Waals surface area contributed by atoms with Crippen molar-refractivity contribution in [2.75, 3.05) is 19.6 Å². The molecule has 2 aliphatic heterocycles. The monoisotopic (exact) mass is 360 g/mol. The Hall–Kier alpha value is -1.16. The highest BCUT2D eigenvalue weighted by Gasteiger charge is 2.48. The first-order valence-electron chi connectivity index (χ1n) is 10.6. The van der Waals surface area contributed by atoms with Gasteiger partial charge in [-0.2, -0.15) is 0 Å². The molecule has 0 aromatic heterocycles. The van der Waals surface area contributed by atoms with Gasteiger partial charge in [0.25, 0.3) is 0 Å². The van der Waals surface area contributed by atoms with Crippen molar-refractivity contribution in [1.29, 1.82) is 0 Å². The lowest BCUT2D eigenvalue weighted by Gasteiger charge is -2.45. The van der Waals surface area contributed by atoms with E-state index in [4.69, 9.17) is 0 Å². The maximum atomic E-state index is 14.0. The number of carbonyl (C=O) groups is 1. The molecule has 0 bridgehead atoms. The van der Waals surface area contributed by atoms with Gasteiger partial charge in [0.2, 0.25) is 5.91 Å². The Morgan fingerprint density at radius 2 is 1.88 bits per heavy atom. The predicted molar refractivity (Wildman–Crippen MR) is 102 cm³/mol. The average Bonchev–Trinajstić information content (AvgIpc) is 2.96. The third-order valence-corrected chi connectivity index (χ3v) is 7.62. The van der Waals surface area contributed by atoms with Crippen LogP contribution in [0.3, 0.4) is 0 Å². The molecule has 1 saturated heterocycles. The highest BCUT2D eigenvalue weighted by atomic mass is 19.1. The number of halogens is 1. The van der Waals surface area contributed by atoms with Crippen molar-refractivity contribution in [3.05, 3.63) is 23.2 Å². The van der Waals surface area contributed by atoms with Gasteiger partial charge in [0, 0.05) is 37.0 Å².